The molecule has 0 amide bonds. The largest absolute Gasteiger partial charge is 0.490 e. The number of benzene rings is 1. The van der Waals surface area contributed by atoms with Gasteiger partial charge in [0.15, 0.2) is 0 Å². The van der Waals surface area contributed by atoms with Crippen LogP contribution in [0.1, 0.15) is 5.56 Å². The van der Waals surface area contributed by atoms with Crippen molar-refractivity contribution < 1.29 is 9.66 Å². The fraction of sp³-hybridized carbons (Fsp3) is 0.0909. The first-order valence-corrected chi connectivity index (χ1v) is 4.38. The van der Waals surface area contributed by atoms with Crippen LogP contribution >= 0.6 is 0 Å². The van der Waals surface area contributed by atoms with Crippen LogP contribution in [-0.4, -0.2) is 11.5 Å². The van der Waals surface area contributed by atoms with E-state index in [1.807, 2.05) is 0 Å². The molecule has 0 unspecified atom stereocenters. The molecule has 1 aromatic carbocycles. The van der Waals surface area contributed by atoms with E-state index in [1.165, 1.54) is 6.08 Å². The molecule has 0 spiro atoms. The highest BCUT2D eigenvalue weighted by Crippen LogP contribution is 2.12. The first-order valence-electron chi connectivity index (χ1n) is 4.38. The van der Waals surface area contributed by atoms with Gasteiger partial charge in [0.1, 0.15) is 12.4 Å². The Labute approximate surface area is 87.6 Å². The van der Waals surface area contributed by atoms with Crippen molar-refractivity contribution in [2.75, 3.05) is 6.61 Å². The molecular weight excluding hydrogens is 194 g/mol. The SMILES string of the molecule is C=CCOc1ccc(C=C[N+](=O)[O-])cc1. The maximum Gasteiger partial charge on any atom is 0.235 e. The Kier molecular flexibility index (Phi) is 4.09. The minimum absolute atomic E-state index is 0.448. The number of nitro groups is 1. The molecule has 0 N–H and O–H groups in total. The third kappa shape index (κ3) is 4.08. The Balaban J connectivity index is 2.63. The minimum atomic E-state index is -0.498. The van der Waals surface area contributed by atoms with Gasteiger partial charge in [-0.3, -0.25) is 10.1 Å². The zero-order valence-corrected chi connectivity index (χ0v) is 8.13. The molecule has 1 rings (SSSR count). The van der Waals surface area contributed by atoms with Crippen LogP contribution in [0.2, 0.25) is 0 Å². The summed E-state index contributed by atoms with van der Waals surface area (Å²) in [5, 5.41) is 10.1. The summed E-state index contributed by atoms with van der Waals surface area (Å²) in [6, 6.07) is 7.00. The van der Waals surface area contributed by atoms with Gasteiger partial charge in [-0.2, -0.15) is 0 Å². The van der Waals surface area contributed by atoms with Crippen LogP contribution in [0, 0.1) is 10.1 Å². The summed E-state index contributed by atoms with van der Waals surface area (Å²) in [5.41, 5.74) is 0.762. The molecule has 0 heterocycles. The average Bonchev–Trinajstić information content (AvgIpc) is 2.25. The Morgan fingerprint density at radius 3 is 2.60 bits per heavy atom. The summed E-state index contributed by atoms with van der Waals surface area (Å²) in [6.07, 6.45) is 3.98. The van der Waals surface area contributed by atoms with Gasteiger partial charge in [-0.1, -0.05) is 24.8 Å². The predicted molar refractivity (Wildman–Crippen MR) is 58.2 cm³/mol. The van der Waals surface area contributed by atoms with Crippen LogP contribution in [0.15, 0.2) is 43.1 Å². The van der Waals surface area contributed by atoms with E-state index >= 15 is 0 Å². The quantitative estimate of drug-likeness (QED) is 0.421. The highest BCUT2D eigenvalue weighted by Gasteiger charge is 1.93. The lowest BCUT2D eigenvalue weighted by Crippen LogP contribution is -1.92. The first kappa shape index (κ1) is 11.0. The van der Waals surface area contributed by atoms with Crippen LogP contribution in [0.3, 0.4) is 0 Å². The van der Waals surface area contributed by atoms with Crippen LogP contribution in [0.25, 0.3) is 6.08 Å². The molecule has 0 aromatic heterocycles. The summed E-state index contributed by atoms with van der Waals surface area (Å²) >= 11 is 0. The Hall–Kier alpha value is -2.10. The molecule has 0 bridgehead atoms. The van der Waals surface area contributed by atoms with E-state index in [0.29, 0.717) is 12.4 Å². The van der Waals surface area contributed by atoms with Crippen molar-refractivity contribution in [3.05, 3.63) is 58.8 Å². The molecule has 0 aliphatic carbocycles. The Morgan fingerprint density at radius 2 is 2.07 bits per heavy atom. The molecule has 0 saturated heterocycles. The Morgan fingerprint density at radius 1 is 1.40 bits per heavy atom. The van der Waals surface area contributed by atoms with E-state index in [1.54, 1.807) is 30.3 Å². The summed E-state index contributed by atoms with van der Waals surface area (Å²) in [7, 11) is 0. The van der Waals surface area contributed by atoms with E-state index in [0.717, 1.165) is 11.8 Å². The predicted octanol–water partition coefficient (Wildman–Crippen LogP) is 2.50. The number of hydrogen-bond donors (Lipinski definition) is 0. The topological polar surface area (TPSA) is 52.4 Å². The van der Waals surface area contributed by atoms with Gasteiger partial charge in [-0.15, -0.1) is 0 Å². The van der Waals surface area contributed by atoms with Crippen LogP contribution < -0.4 is 4.74 Å². The molecule has 4 heteroatoms. The molecule has 0 aliphatic rings. The molecule has 0 saturated carbocycles. The minimum Gasteiger partial charge on any atom is -0.490 e. The lowest BCUT2D eigenvalue weighted by molar-refractivity contribution is -0.400. The second-order valence-electron chi connectivity index (χ2n) is 2.77. The van der Waals surface area contributed by atoms with Crippen LogP contribution in [-0.2, 0) is 0 Å². The van der Waals surface area contributed by atoms with Gasteiger partial charge in [-0.05, 0) is 17.7 Å². The van der Waals surface area contributed by atoms with Gasteiger partial charge < -0.3 is 4.74 Å². The van der Waals surface area contributed by atoms with Gasteiger partial charge in [0.25, 0.3) is 0 Å². The van der Waals surface area contributed by atoms with E-state index in [-0.39, 0.29) is 0 Å². The molecule has 0 atom stereocenters. The number of ether oxygens (including phenoxy) is 1. The molecule has 0 fully saturated rings. The molecule has 4 nitrogen and oxygen atoms in total. The molecule has 0 aliphatic heterocycles. The number of nitrogens with zero attached hydrogens (tertiary/aromatic N) is 1. The number of hydrogen-bond acceptors (Lipinski definition) is 3. The van der Waals surface area contributed by atoms with Gasteiger partial charge in [0.2, 0.25) is 6.20 Å². The summed E-state index contributed by atoms with van der Waals surface area (Å²) in [4.78, 5) is 9.57. The monoisotopic (exact) mass is 205 g/mol. The smallest absolute Gasteiger partial charge is 0.235 e. The fourth-order valence-electron chi connectivity index (χ4n) is 0.977. The van der Waals surface area contributed by atoms with Crippen LogP contribution in [0.4, 0.5) is 0 Å². The lowest BCUT2D eigenvalue weighted by atomic mass is 10.2. The summed E-state index contributed by atoms with van der Waals surface area (Å²) in [6.45, 7) is 3.98. The fourth-order valence-corrected chi connectivity index (χ4v) is 0.977. The van der Waals surface area contributed by atoms with Gasteiger partial charge in [0, 0.05) is 6.08 Å². The van der Waals surface area contributed by atoms with E-state index in [4.69, 9.17) is 4.74 Å². The van der Waals surface area contributed by atoms with Crippen molar-refractivity contribution in [2.45, 2.75) is 0 Å². The highest BCUT2D eigenvalue weighted by atomic mass is 16.6. The summed E-state index contributed by atoms with van der Waals surface area (Å²) < 4.78 is 5.26. The van der Waals surface area contributed by atoms with E-state index in [2.05, 4.69) is 6.58 Å². The van der Waals surface area contributed by atoms with E-state index in [9.17, 15) is 10.1 Å². The second kappa shape index (κ2) is 5.59. The van der Waals surface area contributed by atoms with Gasteiger partial charge >= 0.3 is 0 Å². The third-order valence-electron chi connectivity index (χ3n) is 1.64. The van der Waals surface area contributed by atoms with Crippen LogP contribution in [0.5, 0.6) is 5.75 Å². The summed E-state index contributed by atoms with van der Waals surface area (Å²) in [5.74, 6) is 0.716. The second-order valence-corrected chi connectivity index (χ2v) is 2.77. The van der Waals surface area contributed by atoms with Gasteiger partial charge in [0.05, 0.1) is 4.92 Å². The molecule has 78 valence electrons. The highest BCUT2D eigenvalue weighted by molar-refractivity contribution is 5.49. The third-order valence-corrected chi connectivity index (χ3v) is 1.64. The van der Waals surface area contributed by atoms with Crippen molar-refractivity contribution in [1.29, 1.82) is 0 Å². The standard InChI is InChI=1S/C11H11NO3/c1-2-9-15-11-5-3-10(4-6-11)7-8-12(13)14/h2-8H,1,9H2. The maximum absolute atomic E-state index is 10.1. The van der Waals surface area contributed by atoms with Crippen molar-refractivity contribution in [3.63, 3.8) is 0 Å². The molecule has 15 heavy (non-hydrogen) atoms. The normalized spacial score (nSPS) is 10.1. The van der Waals surface area contributed by atoms with Crippen molar-refractivity contribution >= 4 is 6.08 Å². The van der Waals surface area contributed by atoms with E-state index < -0.39 is 4.92 Å². The average molecular weight is 205 g/mol. The zero-order chi connectivity index (χ0) is 11.1. The zero-order valence-electron chi connectivity index (χ0n) is 8.13. The van der Waals surface area contributed by atoms with Crippen molar-refractivity contribution in [3.8, 4) is 5.75 Å². The Bertz CT molecular complexity index is 368. The molecule has 0 radical (unpaired) electrons. The molecular formula is C11H11NO3. The van der Waals surface area contributed by atoms with Gasteiger partial charge in [-0.25, -0.2) is 0 Å². The first-order chi connectivity index (χ1) is 7.22. The molecule has 1 aromatic rings. The number of rotatable bonds is 5. The lowest BCUT2D eigenvalue weighted by Gasteiger charge is -2.02. The maximum atomic E-state index is 10.1. The van der Waals surface area contributed by atoms with Crippen molar-refractivity contribution in [2.24, 2.45) is 0 Å². The van der Waals surface area contributed by atoms with Crippen molar-refractivity contribution in [1.82, 2.24) is 0 Å².